The van der Waals surface area contributed by atoms with E-state index >= 15 is 0 Å². The summed E-state index contributed by atoms with van der Waals surface area (Å²) >= 11 is 0. The van der Waals surface area contributed by atoms with E-state index in [-0.39, 0.29) is 6.03 Å². The van der Waals surface area contributed by atoms with Gasteiger partial charge in [-0.2, -0.15) is 13.2 Å². The molecule has 0 saturated carbocycles. The van der Waals surface area contributed by atoms with Crippen LogP contribution in [0.5, 0.6) is 0 Å². The minimum Gasteiger partial charge on any atom is -0.475 e. The maximum Gasteiger partial charge on any atom is 0.490 e. The summed E-state index contributed by atoms with van der Waals surface area (Å²) in [5, 5.41) is 12.6. The molecule has 0 radical (unpaired) electrons. The van der Waals surface area contributed by atoms with Crippen molar-refractivity contribution in [2.75, 3.05) is 11.9 Å². The predicted molar refractivity (Wildman–Crippen MR) is 127 cm³/mol. The summed E-state index contributed by atoms with van der Waals surface area (Å²) in [6, 6.07) is 15.5. The van der Waals surface area contributed by atoms with Crippen LogP contribution in [0.2, 0.25) is 0 Å². The molecule has 0 atom stereocenters. The van der Waals surface area contributed by atoms with Gasteiger partial charge in [0, 0.05) is 24.5 Å². The predicted octanol–water partition coefficient (Wildman–Crippen LogP) is 4.98. The number of nitrogens with zero attached hydrogens (tertiary/aromatic N) is 3. The fourth-order valence-electron chi connectivity index (χ4n) is 2.96. The van der Waals surface area contributed by atoms with Crippen molar-refractivity contribution in [1.82, 2.24) is 25.3 Å². The van der Waals surface area contributed by atoms with Crippen molar-refractivity contribution >= 4 is 17.7 Å². The largest absolute Gasteiger partial charge is 0.490 e. The summed E-state index contributed by atoms with van der Waals surface area (Å²) in [5.74, 6) is -2.07. The molecule has 2 amide bonds. The molecule has 4 N–H and O–H groups in total. The highest BCUT2D eigenvalue weighted by molar-refractivity contribution is 5.89. The number of benzene rings is 1. The molecule has 0 aliphatic rings. The number of hydrogen-bond donors (Lipinski definition) is 4. The topological polar surface area (TPSA) is 133 Å². The third kappa shape index (κ3) is 7.13. The van der Waals surface area contributed by atoms with E-state index < -0.39 is 12.1 Å². The van der Waals surface area contributed by atoms with Gasteiger partial charge in [-0.05, 0) is 36.2 Å². The van der Waals surface area contributed by atoms with E-state index in [1.54, 1.807) is 24.8 Å². The average Bonchev–Trinajstić information content (AvgIpc) is 3.35. The van der Waals surface area contributed by atoms with Crippen LogP contribution in [0.4, 0.5) is 23.7 Å². The Kier molecular flexibility index (Phi) is 8.34. The zero-order valence-corrected chi connectivity index (χ0v) is 18.9. The molecular formula is C24H21F3N6O3. The van der Waals surface area contributed by atoms with Crippen LogP contribution in [0, 0.1) is 0 Å². The lowest BCUT2D eigenvalue weighted by Crippen LogP contribution is -2.28. The number of amides is 2. The highest BCUT2D eigenvalue weighted by atomic mass is 19.4. The lowest BCUT2D eigenvalue weighted by Gasteiger charge is -2.08. The molecule has 0 saturated heterocycles. The third-order valence-electron chi connectivity index (χ3n) is 4.57. The number of urea groups is 1. The van der Waals surface area contributed by atoms with E-state index in [0.717, 1.165) is 28.1 Å². The zero-order chi connectivity index (χ0) is 26.1. The van der Waals surface area contributed by atoms with Gasteiger partial charge in [-0.1, -0.05) is 30.3 Å². The number of alkyl halides is 3. The van der Waals surface area contributed by atoms with Gasteiger partial charge in [-0.25, -0.2) is 14.6 Å². The Labute approximate surface area is 203 Å². The SMILES string of the molecule is CCNC(=O)Nc1cncc(-c2ccnc(-c3ncc(-c4ccccc4)[nH]3)c2)c1.O=C(O)C(F)(F)F. The van der Waals surface area contributed by atoms with E-state index in [2.05, 4.69) is 30.6 Å². The molecule has 0 fully saturated rings. The molecule has 3 heterocycles. The number of aromatic nitrogens is 4. The van der Waals surface area contributed by atoms with Crippen molar-refractivity contribution in [3.8, 4) is 33.9 Å². The maximum absolute atomic E-state index is 11.7. The highest BCUT2D eigenvalue weighted by Crippen LogP contribution is 2.26. The van der Waals surface area contributed by atoms with E-state index in [0.29, 0.717) is 18.1 Å². The summed E-state index contributed by atoms with van der Waals surface area (Å²) < 4.78 is 31.7. The summed E-state index contributed by atoms with van der Waals surface area (Å²) in [6.45, 7) is 2.42. The van der Waals surface area contributed by atoms with Gasteiger partial charge in [-0.3, -0.25) is 9.97 Å². The molecule has 36 heavy (non-hydrogen) atoms. The molecule has 0 bridgehead atoms. The van der Waals surface area contributed by atoms with Gasteiger partial charge in [0.25, 0.3) is 0 Å². The molecule has 0 spiro atoms. The quantitative estimate of drug-likeness (QED) is 0.307. The van der Waals surface area contributed by atoms with E-state index in [4.69, 9.17) is 9.90 Å². The number of aliphatic carboxylic acids is 1. The smallest absolute Gasteiger partial charge is 0.475 e. The van der Waals surface area contributed by atoms with Crippen LogP contribution in [-0.2, 0) is 4.79 Å². The Hall–Kier alpha value is -4.74. The second-order valence-electron chi connectivity index (χ2n) is 7.19. The summed E-state index contributed by atoms with van der Waals surface area (Å²) in [7, 11) is 0. The number of anilines is 1. The molecule has 186 valence electrons. The normalized spacial score (nSPS) is 10.7. The Bertz CT molecular complexity index is 1330. The second kappa shape index (κ2) is 11.6. The van der Waals surface area contributed by atoms with Crippen LogP contribution in [0.15, 0.2) is 73.3 Å². The Morgan fingerprint density at radius 2 is 1.69 bits per heavy atom. The van der Waals surface area contributed by atoms with Crippen molar-refractivity contribution < 1.29 is 27.9 Å². The van der Waals surface area contributed by atoms with Crippen LogP contribution < -0.4 is 10.6 Å². The van der Waals surface area contributed by atoms with E-state index in [9.17, 15) is 18.0 Å². The number of aromatic amines is 1. The van der Waals surface area contributed by atoms with Gasteiger partial charge in [0.15, 0.2) is 5.82 Å². The standard InChI is InChI=1S/C22H20N6O.C2HF3O2/c1-2-24-22(29)27-18-10-17(12-23-13-18)16-8-9-25-19(11-16)21-26-14-20(28-21)15-6-4-3-5-7-15;3-2(4,5)1(6)7/h3-14H,2H2,1H3,(H,26,28)(H2,24,27,29);(H,6,7). The number of rotatable bonds is 5. The van der Waals surface area contributed by atoms with Crippen LogP contribution in [0.25, 0.3) is 33.9 Å². The number of carbonyl (C=O) groups excluding carboxylic acids is 1. The minimum atomic E-state index is -5.08. The van der Waals surface area contributed by atoms with Crippen molar-refractivity contribution in [2.45, 2.75) is 13.1 Å². The van der Waals surface area contributed by atoms with Gasteiger partial charge in [0.2, 0.25) is 0 Å². The first-order valence-corrected chi connectivity index (χ1v) is 10.5. The number of hydrogen-bond acceptors (Lipinski definition) is 5. The number of pyridine rings is 2. The van der Waals surface area contributed by atoms with Crippen LogP contribution >= 0.6 is 0 Å². The molecule has 4 aromatic rings. The van der Waals surface area contributed by atoms with Gasteiger partial charge < -0.3 is 20.7 Å². The first-order chi connectivity index (χ1) is 17.2. The van der Waals surface area contributed by atoms with Gasteiger partial charge in [0.05, 0.1) is 23.8 Å². The zero-order valence-electron chi connectivity index (χ0n) is 18.9. The van der Waals surface area contributed by atoms with Gasteiger partial charge >= 0.3 is 18.2 Å². The maximum atomic E-state index is 11.7. The first kappa shape index (κ1) is 25.9. The van der Waals surface area contributed by atoms with Crippen LogP contribution in [0.3, 0.4) is 0 Å². The van der Waals surface area contributed by atoms with E-state index in [1.165, 1.54) is 0 Å². The van der Waals surface area contributed by atoms with Crippen molar-refractivity contribution in [2.24, 2.45) is 0 Å². The first-order valence-electron chi connectivity index (χ1n) is 10.5. The Balaban J connectivity index is 0.000000454. The molecular weight excluding hydrogens is 477 g/mol. The third-order valence-corrected chi connectivity index (χ3v) is 4.57. The van der Waals surface area contributed by atoms with Crippen LogP contribution in [-0.4, -0.2) is 49.8 Å². The number of nitrogens with one attached hydrogen (secondary N) is 3. The molecule has 0 unspecified atom stereocenters. The fraction of sp³-hybridized carbons (Fsp3) is 0.125. The monoisotopic (exact) mass is 498 g/mol. The van der Waals surface area contributed by atoms with E-state index in [1.807, 2.05) is 55.5 Å². The Morgan fingerprint density at radius 1 is 0.972 bits per heavy atom. The second-order valence-corrected chi connectivity index (χ2v) is 7.19. The summed E-state index contributed by atoms with van der Waals surface area (Å²) in [5.41, 5.74) is 5.15. The number of H-pyrrole nitrogens is 1. The molecule has 1 aromatic carbocycles. The molecule has 12 heteroatoms. The fourth-order valence-corrected chi connectivity index (χ4v) is 2.96. The Morgan fingerprint density at radius 3 is 2.36 bits per heavy atom. The molecule has 9 nitrogen and oxygen atoms in total. The molecule has 0 aliphatic carbocycles. The number of carboxylic acid groups (broad SMARTS) is 1. The number of halogens is 3. The molecule has 4 rings (SSSR count). The lowest BCUT2D eigenvalue weighted by atomic mass is 10.1. The van der Waals surface area contributed by atoms with Crippen molar-refractivity contribution in [3.63, 3.8) is 0 Å². The molecule has 3 aromatic heterocycles. The summed E-state index contributed by atoms with van der Waals surface area (Å²) in [4.78, 5) is 37.1. The minimum absolute atomic E-state index is 0.258. The van der Waals surface area contributed by atoms with Gasteiger partial charge in [-0.15, -0.1) is 0 Å². The average molecular weight is 498 g/mol. The van der Waals surface area contributed by atoms with Crippen molar-refractivity contribution in [1.29, 1.82) is 0 Å². The number of carboxylic acids is 1. The number of imidazole rings is 1. The summed E-state index contributed by atoms with van der Waals surface area (Å²) in [6.07, 6.45) is 1.82. The van der Waals surface area contributed by atoms with Crippen LogP contribution in [0.1, 0.15) is 6.92 Å². The molecule has 0 aliphatic heterocycles. The van der Waals surface area contributed by atoms with Crippen molar-refractivity contribution in [3.05, 3.63) is 73.3 Å². The lowest BCUT2D eigenvalue weighted by molar-refractivity contribution is -0.192. The number of carbonyl (C=O) groups is 2. The highest BCUT2D eigenvalue weighted by Gasteiger charge is 2.38. The van der Waals surface area contributed by atoms with Gasteiger partial charge in [0.1, 0.15) is 5.69 Å².